The van der Waals surface area contributed by atoms with Gasteiger partial charge in [-0.25, -0.2) is 9.37 Å². The number of hydrogen-bond acceptors (Lipinski definition) is 4. The van der Waals surface area contributed by atoms with Crippen molar-refractivity contribution in [3.63, 3.8) is 0 Å². The van der Waals surface area contributed by atoms with Crippen LogP contribution >= 0.6 is 0 Å². The minimum atomic E-state index is -0.277. The predicted octanol–water partition coefficient (Wildman–Crippen LogP) is 3.89. The summed E-state index contributed by atoms with van der Waals surface area (Å²) in [6.07, 6.45) is 1.63. The van der Waals surface area contributed by atoms with E-state index >= 15 is 0 Å². The number of H-pyrrole nitrogens is 1. The highest BCUT2D eigenvalue weighted by Gasteiger charge is 2.26. The van der Waals surface area contributed by atoms with Crippen LogP contribution in [0.1, 0.15) is 31.5 Å². The number of rotatable bonds is 6. The SMILES string of the molecule is CCOc1ccc(OCC(=O)N2CCC(c3nc4ccc(F)cc4[nH]3)CC2)cc1. The molecule has 152 valence electrons. The van der Waals surface area contributed by atoms with Gasteiger partial charge in [-0.1, -0.05) is 0 Å². The van der Waals surface area contributed by atoms with Crippen molar-refractivity contribution < 1.29 is 18.7 Å². The van der Waals surface area contributed by atoms with Gasteiger partial charge in [0.25, 0.3) is 5.91 Å². The number of piperidine rings is 1. The van der Waals surface area contributed by atoms with E-state index in [1.54, 1.807) is 18.2 Å². The molecule has 3 aromatic rings. The molecule has 0 atom stereocenters. The summed E-state index contributed by atoms with van der Waals surface area (Å²) in [6, 6.07) is 11.8. The van der Waals surface area contributed by atoms with Crippen molar-refractivity contribution in [3.05, 3.63) is 54.1 Å². The van der Waals surface area contributed by atoms with Gasteiger partial charge in [0.2, 0.25) is 0 Å². The van der Waals surface area contributed by atoms with Gasteiger partial charge in [0.1, 0.15) is 23.1 Å². The number of halogens is 1. The van der Waals surface area contributed by atoms with Crippen LogP contribution in [0.3, 0.4) is 0 Å². The van der Waals surface area contributed by atoms with Crippen LogP contribution in [0.25, 0.3) is 11.0 Å². The first-order valence-electron chi connectivity index (χ1n) is 9.91. The highest BCUT2D eigenvalue weighted by molar-refractivity contribution is 5.78. The number of carbonyl (C=O) groups is 1. The average molecular weight is 397 g/mol. The summed E-state index contributed by atoms with van der Waals surface area (Å²) in [7, 11) is 0. The molecule has 4 rings (SSSR count). The number of amides is 1. The number of hydrogen-bond donors (Lipinski definition) is 1. The lowest BCUT2D eigenvalue weighted by molar-refractivity contribution is -0.134. The fraction of sp³-hybridized carbons (Fsp3) is 0.364. The number of carbonyl (C=O) groups excluding carboxylic acids is 1. The minimum absolute atomic E-state index is 0.0164. The van der Waals surface area contributed by atoms with E-state index < -0.39 is 0 Å². The quantitative estimate of drug-likeness (QED) is 0.685. The Hall–Kier alpha value is -3.09. The molecular weight excluding hydrogens is 373 g/mol. The topological polar surface area (TPSA) is 67.5 Å². The van der Waals surface area contributed by atoms with Gasteiger partial charge in [-0.2, -0.15) is 0 Å². The van der Waals surface area contributed by atoms with E-state index in [1.165, 1.54) is 12.1 Å². The molecule has 7 heteroatoms. The van der Waals surface area contributed by atoms with Crippen molar-refractivity contribution in [3.8, 4) is 11.5 Å². The molecule has 1 aliphatic heterocycles. The number of aromatic nitrogens is 2. The third-order valence-corrected chi connectivity index (χ3v) is 5.19. The molecule has 0 radical (unpaired) electrons. The molecule has 0 spiro atoms. The maximum Gasteiger partial charge on any atom is 0.260 e. The Morgan fingerprint density at radius 2 is 1.83 bits per heavy atom. The van der Waals surface area contributed by atoms with Crippen LogP contribution in [-0.2, 0) is 4.79 Å². The van der Waals surface area contributed by atoms with Crippen molar-refractivity contribution >= 4 is 16.9 Å². The van der Waals surface area contributed by atoms with Crippen molar-refractivity contribution in [1.82, 2.24) is 14.9 Å². The predicted molar refractivity (Wildman–Crippen MR) is 108 cm³/mol. The third-order valence-electron chi connectivity index (χ3n) is 5.19. The van der Waals surface area contributed by atoms with E-state index in [0.717, 1.165) is 29.9 Å². The lowest BCUT2D eigenvalue weighted by Crippen LogP contribution is -2.40. The van der Waals surface area contributed by atoms with Crippen molar-refractivity contribution in [2.45, 2.75) is 25.7 Å². The van der Waals surface area contributed by atoms with Crippen molar-refractivity contribution in [2.75, 3.05) is 26.3 Å². The van der Waals surface area contributed by atoms with E-state index in [1.807, 2.05) is 24.0 Å². The molecular formula is C22H24FN3O3. The second kappa shape index (κ2) is 8.51. The average Bonchev–Trinajstić information content (AvgIpc) is 3.16. The zero-order chi connectivity index (χ0) is 20.2. The van der Waals surface area contributed by atoms with E-state index in [9.17, 15) is 9.18 Å². The summed E-state index contributed by atoms with van der Waals surface area (Å²) in [5, 5.41) is 0. The molecule has 1 aliphatic rings. The Morgan fingerprint density at radius 1 is 1.14 bits per heavy atom. The van der Waals surface area contributed by atoms with Crippen LogP contribution < -0.4 is 9.47 Å². The van der Waals surface area contributed by atoms with Gasteiger partial charge in [0.05, 0.1) is 17.6 Å². The van der Waals surface area contributed by atoms with Crippen LogP contribution in [0, 0.1) is 5.82 Å². The molecule has 0 aliphatic carbocycles. The maximum absolute atomic E-state index is 13.4. The summed E-state index contributed by atoms with van der Waals surface area (Å²) in [5.41, 5.74) is 1.48. The van der Waals surface area contributed by atoms with Gasteiger partial charge >= 0.3 is 0 Å². The molecule has 0 unspecified atom stereocenters. The van der Waals surface area contributed by atoms with Crippen LogP contribution in [0.15, 0.2) is 42.5 Å². The summed E-state index contributed by atoms with van der Waals surface area (Å²) in [6.45, 7) is 3.87. The molecule has 2 heterocycles. The zero-order valence-corrected chi connectivity index (χ0v) is 16.4. The summed E-state index contributed by atoms with van der Waals surface area (Å²) >= 11 is 0. The first-order valence-corrected chi connectivity index (χ1v) is 9.91. The fourth-order valence-corrected chi connectivity index (χ4v) is 3.63. The second-order valence-corrected chi connectivity index (χ2v) is 7.13. The maximum atomic E-state index is 13.4. The number of imidazole rings is 1. The Morgan fingerprint density at radius 3 is 2.52 bits per heavy atom. The first-order chi connectivity index (χ1) is 14.1. The molecule has 1 fully saturated rings. The number of fused-ring (bicyclic) bond motifs is 1. The highest BCUT2D eigenvalue weighted by atomic mass is 19.1. The minimum Gasteiger partial charge on any atom is -0.494 e. The summed E-state index contributed by atoms with van der Waals surface area (Å²) in [4.78, 5) is 22.1. The Balaban J connectivity index is 1.28. The molecule has 1 N–H and O–H groups in total. The number of likely N-dealkylation sites (tertiary alicyclic amines) is 1. The number of nitrogens with one attached hydrogen (secondary N) is 1. The van der Waals surface area contributed by atoms with Gasteiger partial charge in [0.15, 0.2) is 6.61 Å². The molecule has 1 aromatic heterocycles. The largest absolute Gasteiger partial charge is 0.494 e. The molecule has 29 heavy (non-hydrogen) atoms. The smallest absolute Gasteiger partial charge is 0.260 e. The second-order valence-electron chi connectivity index (χ2n) is 7.13. The number of benzene rings is 2. The van der Waals surface area contributed by atoms with Gasteiger partial charge in [0, 0.05) is 19.0 Å². The normalized spacial score (nSPS) is 14.9. The standard InChI is InChI=1S/C22H24FN3O3/c1-2-28-17-4-6-18(7-5-17)29-14-21(27)26-11-9-15(10-12-26)22-24-19-8-3-16(23)13-20(19)25-22/h3-8,13,15H,2,9-12,14H2,1H3,(H,24,25). The monoisotopic (exact) mass is 397 g/mol. The van der Waals surface area contributed by atoms with Crippen molar-refractivity contribution in [2.24, 2.45) is 0 Å². The summed E-state index contributed by atoms with van der Waals surface area (Å²) < 4.78 is 24.4. The van der Waals surface area contributed by atoms with E-state index in [4.69, 9.17) is 9.47 Å². The number of nitrogens with zero attached hydrogens (tertiary/aromatic N) is 2. The zero-order valence-electron chi connectivity index (χ0n) is 16.4. The van der Waals surface area contributed by atoms with Crippen LogP contribution in [0.4, 0.5) is 4.39 Å². The first kappa shape index (κ1) is 19.2. The third kappa shape index (κ3) is 4.50. The molecule has 2 aromatic carbocycles. The molecule has 0 bridgehead atoms. The van der Waals surface area contributed by atoms with Gasteiger partial charge < -0.3 is 19.4 Å². The Labute approximate surface area is 168 Å². The van der Waals surface area contributed by atoms with E-state index in [0.29, 0.717) is 31.0 Å². The van der Waals surface area contributed by atoms with E-state index in [2.05, 4.69) is 9.97 Å². The molecule has 1 saturated heterocycles. The van der Waals surface area contributed by atoms with Gasteiger partial charge in [-0.15, -0.1) is 0 Å². The Kier molecular flexibility index (Phi) is 5.64. The lowest BCUT2D eigenvalue weighted by Gasteiger charge is -2.31. The summed E-state index contributed by atoms with van der Waals surface area (Å²) in [5.74, 6) is 2.22. The number of ether oxygens (including phenoxy) is 2. The van der Waals surface area contributed by atoms with E-state index in [-0.39, 0.29) is 24.2 Å². The molecule has 1 amide bonds. The highest BCUT2D eigenvalue weighted by Crippen LogP contribution is 2.28. The Bertz CT molecular complexity index is 979. The molecule has 6 nitrogen and oxygen atoms in total. The molecule has 0 saturated carbocycles. The fourth-order valence-electron chi connectivity index (χ4n) is 3.63. The van der Waals surface area contributed by atoms with Crippen LogP contribution in [0.2, 0.25) is 0 Å². The van der Waals surface area contributed by atoms with Gasteiger partial charge in [-0.05, 0) is 62.2 Å². The number of aromatic amines is 1. The van der Waals surface area contributed by atoms with Crippen molar-refractivity contribution in [1.29, 1.82) is 0 Å². The van der Waals surface area contributed by atoms with Crippen LogP contribution in [-0.4, -0.2) is 47.1 Å². The van der Waals surface area contributed by atoms with Crippen LogP contribution in [0.5, 0.6) is 11.5 Å². The van der Waals surface area contributed by atoms with Gasteiger partial charge in [-0.3, -0.25) is 4.79 Å². The lowest BCUT2D eigenvalue weighted by atomic mass is 9.96.